The van der Waals surface area contributed by atoms with Crippen LogP contribution >= 0.6 is 15.9 Å². The fraction of sp³-hybridized carbons (Fsp3) is 0.500. The maximum absolute atomic E-state index is 11.4. The molecule has 0 radical (unpaired) electrons. The Hall–Kier alpha value is -0.590. The average molecular weight is 334 g/mol. The van der Waals surface area contributed by atoms with E-state index in [1.54, 1.807) is 7.11 Å². The molecule has 0 atom stereocenters. The van der Waals surface area contributed by atoms with Gasteiger partial charge in [0.05, 0.1) is 18.6 Å². The molecule has 0 saturated carbocycles. The van der Waals surface area contributed by atoms with Crippen molar-refractivity contribution in [2.45, 2.75) is 6.54 Å². The zero-order valence-corrected chi connectivity index (χ0v) is 12.6. The summed E-state index contributed by atoms with van der Waals surface area (Å²) in [4.78, 5) is 2.14. The lowest BCUT2D eigenvalue weighted by Gasteiger charge is -2.27. The van der Waals surface area contributed by atoms with E-state index in [4.69, 9.17) is 4.74 Å². The second kappa shape index (κ2) is 5.59. The number of sulfone groups is 1. The molecule has 18 heavy (non-hydrogen) atoms. The van der Waals surface area contributed by atoms with Gasteiger partial charge < -0.3 is 4.74 Å². The molecule has 0 N–H and O–H groups in total. The van der Waals surface area contributed by atoms with Crippen molar-refractivity contribution in [1.29, 1.82) is 0 Å². The van der Waals surface area contributed by atoms with Gasteiger partial charge in [-0.1, -0.05) is 15.9 Å². The van der Waals surface area contributed by atoms with Gasteiger partial charge in [-0.2, -0.15) is 0 Å². The molecule has 1 fully saturated rings. The molecule has 0 aromatic heterocycles. The van der Waals surface area contributed by atoms with E-state index in [1.165, 1.54) is 0 Å². The van der Waals surface area contributed by atoms with Crippen LogP contribution in [0.1, 0.15) is 5.56 Å². The SMILES string of the molecule is COc1ccc(Br)cc1CN1CCS(=O)(=O)CC1. The molecule has 1 aliphatic rings. The molecule has 0 aliphatic carbocycles. The molecule has 4 nitrogen and oxygen atoms in total. The molecule has 100 valence electrons. The van der Waals surface area contributed by atoms with E-state index in [2.05, 4.69) is 20.8 Å². The van der Waals surface area contributed by atoms with Crippen molar-refractivity contribution < 1.29 is 13.2 Å². The number of rotatable bonds is 3. The van der Waals surface area contributed by atoms with E-state index < -0.39 is 9.84 Å². The molecule has 1 aliphatic heterocycles. The first-order valence-electron chi connectivity index (χ1n) is 5.75. The molecular weight excluding hydrogens is 318 g/mol. The molecule has 0 bridgehead atoms. The molecule has 1 saturated heterocycles. The largest absolute Gasteiger partial charge is 0.496 e. The van der Waals surface area contributed by atoms with Crippen LogP contribution in [0.25, 0.3) is 0 Å². The minimum atomic E-state index is -2.81. The van der Waals surface area contributed by atoms with Gasteiger partial charge >= 0.3 is 0 Å². The predicted molar refractivity (Wildman–Crippen MR) is 74.6 cm³/mol. The van der Waals surface area contributed by atoms with Crippen LogP contribution in [0.2, 0.25) is 0 Å². The summed E-state index contributed by atoms with van der Waals surface area (Å²) in [5.41, 5.74) is 1.08. The highest BCUT2D eigenvalue weighted by Gasteiger charge is 2.22. The molecule has 0 amide bonds. The third-order valence-electron chi connectivity index (χ3n) is 3.07. The summed E-state index contributed by atoms with van der Waals surface area (Å²) in [5, 5.41) is 0. The Balaban J connectivity index is 2.08. The van der Waals surface area contributed by atoms with Crippen LogP contribution < -0.4 is 4.74 Å². The normalized spacial score (nSPS) is 19.7. The topological polar surface area (TPSA) is 46.6 Å². The van der Waals surface area contributed by atoms with Crippen LogP contribution in [-0.2, 0) is 16.4 Å². The molecule has 0 spiro atoms. The van der Waals surface area contributed by atoms with E-state index in [1.807, 2.05) is 18.2 Å². The monoisotopic (exact) mass is 333 g/mol. The molecule has 1 aromatic rings. The Labute approximate surface area is 116 Å². The third-order valence-corrected chi connectivity index (χ3v) is 5.18. The lowest BCUT2D eigenvalue weighted by molar-refractivity contribution is 0.282. The summed E-state index contributed by atoms with van der Waals surface area (Å²) < 4.78 is 29.1. The van der Waals surface area contributed by atoms with Gasteiger partial charge in [-0.3, -0.25) is 4.90 Å². The average Bonchev–Trinajstić information content (AvgIpc) is 2.32. The number of benzene rings is 1. The lowest BCUT2D eigenvalue weighted by atomic mass is 10.2. The van der Waals surface area contributed by atoms with Crippen LogP contribution in [0.15, 0.2) is 22.7 Å². The molecule has 2 rings (SSSR count). The maximum Gasteiger partial charge on any atom is 0.152 e. The minimum Gasteiger partial charge on any atom is -0.496 e. The van der Waals surface area contributed by atoms with Crippen molar-refractivity contribution in [3.05, 3.63) is 28.2 Å². The fourth-order valence-corrected chi connectivity index (χ4v) is 3.71. The van der Waals surface area contributed by atoms with Crippen LogP contribution in [0.3, 0.4) is 0 Å². The number of methoxy groups -OCH3 is 1. The van der Waals surface area contributed by atoms with Crippen molar-refractivity contribution >= 4 is 25.8 Å². The molecule has 6 heteroatoms. The Morgan fingerprint density at radius 1 is 1.33 bits per heavy atom. The summed E-state index contributed by atoms with van der Waals surface area (Å²) in [7, 11) is -1.17. The zero-order valence-electron chi connectivity index (χ0n) is 10.2. The fourth-order valence-electron chi connectivity index (χ4n) is 2.02. The van der Waals surface area contributed by atoms with Gasteiger partial charge in [-0.25, -0.2) is 8.42 Å². The predicted octanol–water partition coefficient (Wildman–Crippen LogP) is 1.69. The third kappa shape index (κ3) is 3.46. The lowest BCUT2D eigenvalue weighted by Crippen LogP contribution is -2.39. The summed E-state index contributed by atoms with van der Waals surface area (Å²) >= 11 is 3.44. The number of nitrogens with zero attached hydrogens (tertiary/aromatic N) is 1. The maximum atomic E-state index is 11.4. The second-order valence-electron chi connectivity index (χ2n) is 4.38. The highest BCUT2D eigenvalue weighted by Crippen LogP contribution is 2.24. The van der Waals surface area contributed by atoms with Gasteiger partial charge in [0, 0.05) is 29.7 Å². The van der Waals surface area contributed by atoms with Crippen LogP contribution in [0.4, 0.5) is 0 Å². The van der Waals surface area contributed by atoms with Crippen LogP contribution in [0, 0.1) is 0 Å². The van der Waals surface area contributed by atoms with E-state index in [0.717, 1.165) is 22.3 Å². The first-order valence-corrected chi connectivity index (χ1v) is 8.37. The van der Waals surface area contributed by atoms with Gasteiger partial charge in [0.2, 0.25) is 0 Å². The van der Waals surface area contributed by atoms with Crippen molar-refractivity contribution in [1.82, 2.24) is 4.90 Å². The Morgan fingerprint density at radius 2 is 2.00 bits per heavy atom. The number of hydrogen-bond acceptors (Lipinski definition) is 4. The van der Waals surface area contributed by atoms with Crippen molar-refractivity contribution in [3.63, 3.8) is 0 Å². The summed E-state index contributed by atoms with van der Waals surface area (Å²) in [5.74, 6) is 1.35. The number of ether oxygens (including phenoxy) is 1. The van der Waals surface area contributed by atoms with E-state index >= 15 is 0 Å². The van der Waals surface area contributed by atoms with Crippen LogP contribution in [0.5, 0.6) is 5.75 Å². The first kappa shape index (κ1) is 13.8. The van der Waals surface area contributed by atoms with Crippen molar-refractivity contribution in [3.8, 4) is 5.75 Å². The quantitative estimate of drug-likeness (QED) is 0.844. The molecule has 1 aromatic carbocycles. The molecule has 1 heterocycles. The minimum absolute atomic E-state index is 0.253. The summed E-state index contributed by atoms with van der Waals surface area (Å²) in [6.45, 7) is 1.91. The first-order chi connectivity index (χ1) is 8.50. The van der Waals surface area contributed by atoms with Gasteiger partial charge in [0.1, 0.15) is 5.75 Å². The standard InChI is InChI=1S/C12H16BrNO3S/c1-17-12-3-2-11(13)8-10(12)9-14-4-6-18(15,16)7-5-14/h2-3,8H,4-7,9H2,1H3. The molecule has 0 unspecified atom stereocenters. The van der Waals surface area contributed by atoms with E-state index in [9.17, 15) is 8.42 Å². The number of halogens is 1. The van der Waals surface area contributed by atoms with Gasteiger partial charge in [-0.15, -0.1) is 0 Å². The van der Waals surface area contributed by atoms with Crippen LogP contribution in [-0.4, -0.2) is 45.0 Å². The highest BCUT2D eigenvalue weighted by atomic mass is 79.9. The highest BCUT2D eigenvalue weighted by molar-refractivity contribution is 9.10. The van der Waals surface area contributed by atoms with Gasteiger partial charge in [0.25, 0.3) is 0 Å². The molecular formula is C12H16BrNO3S. The summed E-state index contributed by atoms with van der Waals surface area (Å²) in [6, 6.07) is 5.87. The Bertz CT molecular complexity index is 516. The zero-order chi connectivity index (χ0) is 13.2. The Morgan fingerprint density at radius 3 is 2.61 bits per heavy atom. The summed E-state index contributed by atoms with van der Waals surface area (Å²) in [6.07, 6.45) is 0. The van der Waals surface area contributed by atoms with E-state index in [-0.39, 0.29) is 11.5 Å². The number of hydrogen-bond donors (Lipinski definition) is 0. The van der Waals surface area contributed by atoms with Crippen molar-refractivity contribution in [2.75, 3.05) is 31.7 Å². The second-order valence-corrected chi connectivity index (χ2v) is 7.60. The van der Waals surface area contributed by atoms with Gasteiger partial charge in [0.15, 0.2) is 9.84 Å². The Kier molecular flexibility index (Phi) is 4.29. The smallest absolute Gasteiger partial charge is 0.152 e. The van der Waals surface area contributed by atoms with E-state index in [0.29, 0.717) is 13.1 Å². The van der Waals surface area contributed by atoms with Gasteiger partial charge in [-0.05, 0) is 18.2 Å². The van der Waals surface area contributed by atoms with Crippen molar-refractivity contribution in [2.24, 2.45) is 0 Å².